The lowest BCUT2D eigenvalue weighted by molar-refractivity contribution is 0.282. The highest BCUT2D eigenvalue weighted by Crippen LogP contribution is 2.26. The topological polar surface area (TPSA) is 32.3 Å². The van der Waals surface area contributed by atoms with Gasteiger partial charge in [0.2, 0.25) is 0 Å². The molecule has 2 N–H and O–H groups in total. The Hall–Kier alpha value is -1.02. The summed E-state index contributed by atoms with van der Waals surface area (Å²) >= 11 is 0. The Morgan fingerprint density at radius 1 is 1.12 bits per heavy atom. The fraction of sp³-hybridized carbons (Fsp3) is 0.600. The van der Waals surface area contributed by atoms with E-state index in [4.69, 9.17) is 0 Å². The largest absolute Gasteiger partial charge is 0.392 e. The predicted molar refractivity (Wildman–Crippen MR) is 72.0 cm³/mol. The van der Waals surface area contributed by atoms with Crippen molar-refractivity contribution in [2.75, 3.05) is 11.9 Å². The zero-order chi connectivity index (χ0) is 11.9. The Labute approximate surface area is 104 Å². The zero-order valence-corrected chi connectivity index (χ0v) is 10.5. The van der Waals surface area contributed by atoms with Crippen LogP contribution in [0.1, 0.15) is 44.1 Å². The third-order valence-corrected chi connectivity index (χ3v) is 3.78. The molecule has 0 aliphatic heterocycles. The van der Waals surface area contributed by atoms with Gasteiger partial charge in [0.1, 0.15) is 0 Å². The second kappa shape index (κ2) is 6.65. The SMILES string of the molecule is OCc1ccccc1NCCC1CCCCC1. The van der Waals surface area contributed by atoms with Crippen LogP contribution in [0.25, 0.3) is 0 Å². The van der Waals surface area contributed by atoms with Gasteiger partial charge in [-0.3, -0.25) is 0 Å². The zero-order valence-electron chi connectivity index (χ0n) is 10.5. The Morgan fingerprint density at radius 3 is 2.65 bits per heavy atom. The van der Waals surface area contributed by atoms with E-state index in [-0.39, 0.29) is 6.61 Å². The summed E-state index contributed by atoms with van der Waals surface area (Å²) < 4.78 is 0. The van der Waals surface area contributed by atoms with E-state index in [1.165, 1.54) is 38.5 Å². The summed E-state index contributed by atoms with van der Waals surface area (Å²) in [6.07, 6.45) is 8.33. The second-order valence-electron chi connectivity index (χ2n) is 5.03. The quantitative estimate of drug-likeness (QED) is 0.815. The fourth-order valence-electron chi connectivity index (χ4n) is 2.72. The van der Waals surface area contributed by atoms with Gasteiger partial charge in [0.25, 0.3) is 0 Å². The first kappa shape index (κ1) is 12.4. The number of aliphatic hydroxyl groups excluding tert-OH is 1. The molecule has 0 bridgehead atoms. The van der Waals surface area contributed by atoms with Crippen LogP contribution in [0.3, 0.4) is 0 Å². The predicted octanol–water partition coefficient (Wildman–Crippen LogP) is 3.56. The average molecular weight is 233 g/mol. The Bertz CT molecular complexity index is 331. The number of hydrogen-bond donors (Lipinski definition) is 2. The highest BCUT2D eigenvalue weighted by Gasteiger charge is 2.12. The summed E-state index contributed by atoms with van der Waals surface area (Å²) in [5, 5.41) is 12.7. The van der Waals surface area contributed by atoms with Crippen molar-refractivity contribution >= 4 is 5.69 Å². The van der Waals surface area contributed by atoms with Crippen LogP contribution in [0.4, 0.5) is 5.69 Å². The second-order valence-corrected chi connectivity index (χ2v) is 5.03. The molecule has 1 aliphatic rings. The number of anilines is 1. The highest BCUT2D eigenvalue weighted by atomic mass is 16.3. The van der Waals surface area contributed by atoms with Crippen molar-refractivity contribution in [1.29, 1.82) is 0 Å². The first-order valence-electron chi connectivity index (χ1n) is 6.83. The van der Waals surface area contributed by atoms with Gasteiger partial charge >= 0.3 is 0 Å². The lowest BCUT2D eigenvalue weighted by Gasteiger charge is -2.22. The number of aliphatic hydroxyl groups is 1. The molecule has 2 nitrogen and oxygen atoms in total. The van der Waals surface area contributed by atoms with Gasteiger partial charge in [-0.15, -0.1) is 0 Å². The number of para-hydroxylation sites is 1. The molecular formula is C15H23NO. The molecule has 0 unspecified atom stereocenters. The molecule has 17 heavy (non-hydrogen) atoms. The Morgan fingerprint density at radius 2 is 1.88 bits per heavy atom. The molecule has 0 heterocycles. The van der Waals surface area contributed by atoms with Crippen LogP contribution in [-0.4, -0.2) is 11.7 Å². The van der Waals surface area contributed by atoms with Gasteiger partial charge in [0.05, 0.1) is 6.61 Å². The number of hydrogen-bond acceptors (Lipinski definition) is 2. The van der Waals surface area contributed by atoms with Crippen molar-refractivity contribution in [3.05, 3.63) is 29.8 Å². The lowest BCUT2D eigenvalue weighted by Crippen LogP contribution is -2.12. The monoisotopic (exact) mass is 233 g/mol. The molecule has 0 atom stereocenters. The van der Waals surface area contributed by atoms with Gasteiger partial charge in [-0.2, -0.15) is 0 Å². The van der Waals surface area contributed by atoms with Gasteiger partial charge < -0.3 is 10.4 Å². The van der Waals surface area contributed by atoms with Crippen LogP contribution in [0, 0.1) is 5.92 Å². The van der Waals surface area contributed by atoms with Crippen molar-refractivity contribution in [2.45, 2.75) is 45.1 Å². The van der Waals surface area contributed by atoms with Crippen LogP contribution in [0.5, 0.6) is 0 Å². The van der Waals surface area contributed by atoms with E-state index in [0.29, 0.717) is 0 Å². The van der Waals surface area contributed by atoms with E-state index in [1.807, 2.05) is 24.3 Å². The van der Waals surface area contributed by atoms with E-state index in [9.17, 15) is 5.11 Å². The fourth-order valence-corrected chi connectivity index (χ4v) is 2.72. The summed E-state index contributed by atoms with van der Waals surface area (Å²) in [6.45, 7) is 1.15. The normalized spacial score (nSPS) is 17.0. The summed E-state index contributed by atoms with van der Waals surface area (Å²) in [7, 11) is 0. The minimum absolute atomic E-state index is 0.118. The van der Waals surface area contributed by atoms with Crippen LogP contribution in [0.2, 0.25) is 0 Å². The maximum Gasteiger partial charge on any atom is 0.0701 e. The highest BCUT2D eigenvalue weighted by molar-refractivity contribution is 5.50. The summed E-state index contributed by atoms with van der Waals surface area (Å²) in [4.78, 5) is 0. The van der Waals surface area contributed by atoms with Crippen molar-refractivity contribution < 1.29 is 5.11 Å². The van der Waals surface area contributed by atoms with Crippen molar-refractivity contribution in [3.8, 4) is 0 Å². The van der Waals surface area contributed by atoms with E-state index in [1.54, 1.807) is 0 Å². The van der Waals surface area contributed by atoms with Crippen LogP contribution in [0.15, 0.2) is 24.3 Å². The molecule has 1 aromatic rings. The maximum atomic E-state index is 9.23. The summed E-state index contributed by atoms with van der Waals surface area (Å²) in [5.41, 5.74) is 2.09. The first-order valence-corrected chi connectivity index (χ1v) is 6.83. The Kier molecular flexibility index (Phi) is 4.87. The van der Waals surface area contributed by atoms with Crippen molar-refractivity contribution in [3.63, 3.8) is 0 Å². The first-order chi connectivity index (χ1) is 8.40. The molecule has 1 aromatic carbocycles. The Balaban J connectivity index is 1.77. The molecular weight excluding hydrogens is 210 g/mol. The molecule has 0 amide bonds. The van der Waals surface area contributed by atoms with Gasteiger partial charge in [0, 0.05) is 17.8 Å². The van der Waals surface area contributed by atoms with E-state index < -0.39 is 0 Å². The molecule has 2 heteroatoms. The molecule has 1 fully saturated rings. The maximum absolute atomic E-state index is 9.23. The van der Waals surface area contributed by atoms with Gasteiger partial charge in [-0.05, 0) is 18.4 Å². The molecule has 0 aromatic heterocycles. The molecule has 0 saturated heterocycles. The van der Waals surface area contributed by atoms with E-state index in [2.05, 4.69) is 5.32 Å². The van der Waals surface area contributed by atoms with Gasteiger partial charge in [0.15, 0.2) is 0 Å². The third-order valence-electron chi connectivity index (χ3n) is 3.78. The summed E-state index contributed by atoms with van der Waals surface area (Å²) in [6, 6.07) is 8.01. The standard InChI is InChI=1S/C15H23NO/c17-12-14-8-4-5-9-15(14)16-11-10-13-6-2-1-3-7-13/h4-5,8-9,13,16-17H,1-3,6-7,10-12H2. The minimum Gasteiger partial charge on any atom is -0.392 e. The minimum atomic E-state index is 0.118. The van der Waals surface area contributed by atoms with Gasteiger partial charge in [-0.25, -0.2) is 0 Å². The number of rotatable bonds is 5. The number of nitrogens with one attached hydrogen (secondary N) is 1. The molecule has 0 radical (unpaired) electrons. The number of benzene rings is 1. The van der Waals surface area contributed by atoms with Gasteiger partial charge in [-0.1, -0.05) is 50.3 Å². The van der Waals surface area contributed by atoms with Crippen LogP contribution in [-0.2, 0) is 6.61 Å². The van der Waals surface area contributed by atoms with Crippen molar-refractivity contribution in [2.24, 2.45) is 5.92 Å². The van der Waals surface area contributed by atoms with Crippen molar-refractivity contribution in [1.82, 2.24) is 0 Å². The third kappa shape index (κ3) is 3.74. The van der Waals surface area contributed by atoms with E-state index >= 15 is 0 Å². The lowest BCUT2D eigenvalue weighted by atomic mass is 9.87. The molecule has 0 spiro atoms. The smallest absolute Gasteiger partial charge is 0.0701 e. The molecule has 2 rings (SSSR count). The molecule has 1 saturated carbocycles. The van der Waals surface area contributed by atoms with Crippen LogP contribution < -0.4 is 5.32 Å². The summed E-state index contributed by atoms with van der Waals surface area (Å²) in [5.74, 6) is 0.914. The molecule has 94 valence electrons. The van der Waals surface area contributed by atoms with Crippen LogP contribution >= 0.6 is 0 Å². The molecule has 1 aliphatic carbocycles. The average Bonchev–Trinajstić information content (AvgIpc) is 2.40. The van der Waals surface area contributed by atoms with E-state index in [0.717, 1.165) is 23.7 Å².